The topological polar surface area (TPSA) is 72.9 Å². The molecule has 2 N–H and O–H groups in total. The number of aromatic carboxylic acids is 1. The summed E-state index contributed by atoms with van der Waals surface area (Å²) in [5.74, 6) is -1.03. The molecule has 1 amide bonds. The molecule has 176 valence electrons. The molecule has 0 saturated carbocycles. The lowest BCUT2D eigenvalue weighted by atomic mass is 9.99. The average Bonchev–Trinajstić information content (AvgIpc) is 2.85. The highest BCUT2D eigenvalue weighted by Gasteiger charge is 2.18. The molecule has 6 heteroatoms. The summed E-state index contributed by atoms with van der Waals surface area (Å²) in [6.45, 7) is 7.89. The number of anilines is 1. The molecule has 0 spiro atoms. The molecule has 34 heavy (non-hydrogen) atoms. The van der Waals surface area contributed by atoms with Crippen molar-refractivity contribution in [1.82, 2.24) is 10.2 Å². The molecule has 1 fully saturated rings. The van der Waals surface area contributed by atoms with Crippen molar-refractivity contribution >= 4 is 17.6 Å². The van der Waals surface area contributed by atoms with Crippen LogP contribution in [0.5, 0.6) is 0 Å². The fourth-order valence-electron chi connectivity index (χ4n) is 4.27. The number of likely N-dealkylation sites (N-methyl/N-ethyl adjacent to an activating group) is 1. The van der Waals surface area contributed by atoms with Crippen molar-refractivity contribution < 1.29 is 14.7 Å². The van der Waals surface area contributed by atoms with Crippen LogP contribution in [0.4, 0.5) is 5.69 Å². The van der Waals surface area contributed by atoms with Gasteiger partial charge in [-0.25, -0.2) is 4.79 Å². The predicted molar refractivity (Wildman–Crippen MR) is 136 cm³/mol. The maximum absolute atomic E-state index is 13.2. The molecule has 1 heterocycles. The molecule has 1 aliphatic rings. The predicted octanol–water partition coefficient (Wildman–Crippen LogP) is 4.60. The highest BCUT2D eigenvalue weighted by atomic mass is 16.4. The Bertz CT molecular complexity index is 1180. The number of hydrogen-bond donors (Lipinski definition) is 2. The summed E-state index contributed by atoms with van der Waals surface area (Å²) < 4.78 is 0. The van der Waals surface area contributed by atoms with Crippen molar-refractivity contribution in [1.29, 1.82) is 0 Å². The van der Waals surface area contributed by atoms with Gasteiger partial charge in [-0.1, -0.05) is 36.4 Å². The van der Waals surface area contributed by atoms with Crippen LogP contribution in [0.3, 0.4) is 0 Å². The summed E-state index contributed by atoms with van der Waals surface area (Å²) in [6.07, 6.45) is 0. The zero-order valence-corrected chi connectivity index (χ0v) is 19.9. The minimum absolute atomic E-state index is 0.0859. The molecule has 0 unspecified atom stereocenters. The number of hydrogen-bond acceptors (Lipinski definition) is 4. The Labute approximate surface area is 200 Å². The lowest BCUT2D eigenvalue weighted by molar-refractivity contribution is 0.0696. The molecular formula is C28H31N3O3. The first-order valence-corrected chi connectivity index (χ1v) is 11.6. The van der Waals surface area contributed by atoms with Gasteiger partial charge in [-0.05, 0) is 73.5 Å². The van der Waals surface area contributed by atoms with Crippen LogP contribution in [0.1, 0.15) is 44.8 Å². The van der Waals surface area contributed by atoms with Crippen molar-refractivity contribution in [2.24, 2.45) is 0 Å². The van der Waals surface area contributed by atoms with E-state index in [1.807, 2.05) is 50.2 Å². The molecule has 1 saturated heterocycles. The van der Waals surface area contributed by atoms with Gasteiger partial charge in [0.15, 0.2) is 0 Å². The van der Waals surface area contributed by atoms with Gasteiger partial charge in [-0.15, -0.1) is 0 Å². The number of carboxylic acid groups (broad SMARTS) is 1. The Morgan fingerprint density at radius 2 is 1.62 bits per heavy atom. The van der Waals surface area contributed by atoms with Crippen molar-refractivity contribution in [2.45, 2.75) is 19.9 Å². The number of nitrogens with zero attached hydrogens (tertiary/aromatic N) is 2. The average molecular weight is 458 g/mol. The normalized spacial score (nSPS) is 15.1. The fraction of sp³-hybridized carbons (Fsp3) is 0.286. The Morgan fingerprint density at radius 1 is 0.912 bits per heavy atom. The monoisotopic (exact) mass is 457 g/mol. The molecule has 3 aromatic rings. The molecule has 6 nitrogen and oxygen atoms in total. The summed E-state index contributed by atoms with van der Waals surface area (Å²) in [5, 5.41) is 12.3. The van der Waals surface area contributed by atoms with E-state index in [4.69, 9.17) is 5.11 Å². The third kappa shape index (κ3) is 5.29. The number of rotatable bonds is 6. The van der Waals surface area contributed by atoms with Crippen LogP contribution >= 0.6 is 0 Å². The van der Waals surface area contributed by atoms with Crippen LogP contribution in [-0.4, -0.2) is 55.1 Å². The van der Waals surface area contributed by atoms with Gasteiger partial charge in [0, 0.05) is 37.4 Å². The van der Waals surface area contributed by atoms with Crippen LogP contribution in [-0.2, 0) is 0 Å². The minimum atomic E-state index is -0.941. The number of aryl methyl sites for hydroxylation is 1. The summed E-state index contributed by atoms with van der Waals surface area (Å²) in [5.41, 5.74) is 5.89. The van der Waals surface area contributed by atoms with Crippen molar-refractivity contribution in [2.75, 3.05) is 38.1 Å². The standard InChI is InChI=1S/C28H31N3O3/c1-19-7-12-25(31-15-13-30(3)14-16-31)18-26(19)27(32)29-20(2)23-5-4-6-24(17-23)21-8-10-22(11-9-21)28(33)34/h4-12,17-18,20H,13-16H2,1-3H3,(H,29,32)(H,33,34)/t20-/m1/s1. The molecule has 0 aliphatic carbocycles. The number of amides is 1. The van der Waals surface area contributed by atoms with Crippen LogP contribution in [0, 0.1) is 6.92 Å². The SMILES string of the molecule is Cc1ccc(N2CCN(C)CC2)cc1C(=O)N[C@H](C)c1cccc(-c2ccc(C(=O)O)cc2)c1. The largest absolute Gasteiger partial charge is 0.478 e. The zero-order chi connectivity index (χ0) is 24.2. The molecule has 4 rings (SSSR count). The van der Waals surface area contributed by atoms with Gasteiger partial charge in [-0.2, -0.15) is 0 Å². The van der Waals surface area contributed by atoms with E-state index in [1.54, 1.807) is 24.3 Å². The first-order chi connectivity index (χ1) is 16.3. The van der Waals surface area contributed by atoms with Gasteiger partial charge in [0.1, 0.15) is 0 Å². The van der Waals surface area contributed by atoms with Crippen LogP contribution in [0.15, 0.2) is 66.7 Å². The number of piperazine rings is 1. The van der Waals surface area contributed by atoms with Gasteiger partial charge in [0.2, 0.25) is 0 Å². The second-order valence-electron chi connectivity index (χ2n) is 8.99. The van der Waals surface area contributed by atoms with E-state index in [1.165, 1.54) is 0 Å². The first-order valence-electron chi connectivity index (χ1n) is 11.6. The summed E-state index contributed by atoms with van der Waals surface area (Å²) in [4.78, 5) is 29.0. The Hall–Kier alpha value is -3.64. The lowest BCUT2D eigenvalue weighted by Crippen LogP contribution is -2.44. The second-order valence-corrected chi connectivity index (χ2v) is 8.99. The number of nitrogens with one attached hydrogen (secondary N) is 1. The molecule has 0 aromatic heterocycles. The summed E-state index contributed by atoms with van der Waals surface area (Å²) in [6, 6.07) is 20.7. The van der Waals surface area contributed by atoms with E-state index in [-0.39, 0.29) is 17.5 Å². The van der Waals surface area contributed by atoms with Gasteiger partial charge < -0.3 is 20.2 Å². The van der Waals surface area contributed by atoms with Gasteiger partial charge in [0.05, 0.1) is 11.6 Å². The molecule has 0 bridgehead atoms. The molecular weight excluding hydrogens is 426 g/mol. The number of carbonyl (C=O) groups is 2. The number of carbonyl (C=O) groups excluding carboxylic acids is 1. The Morgan fingerprint density at radius 3 is 2.29 bits per heavy atom. The molecule has 1 aliphatic heterocycles. The van der Waals surface area contributed by atoms with E-state index in [0.717, 1.165) is 54.1 Å². The third-order valence-electron chi connectivity index (χ3n) is 6.53. The van der Waals surface area contributed by atoms with Crippen molar-refractivity contribution in [3.63, 3.8) is 0 Å². The quantitative estimate of drug-likeness (QED) is 0.566. The second kappa shape index (κ2) is 10.1. The van der Waals surface area contributed by atoms with E-state index in [0.29, 0.717) is 5.56 Å². The maximum atomic E-state index is 13.2. The van der Waals surface area contributed by atoms with E-state index < -0.39 is 5.97 Å². The highest BCUT2D eigenvalue weighted by molar-refractivity contribution is 5.97. The highest BCUT2D eigenvalue weighted by Crippen LogP contribution is 2.25. The lowest BCUT2D eigenvalue weighted by Gasteiger charge is -2.34. The molecule has 1 atom stereocenters. The zero-order valence-electron chi connectivity index (χ0n) is 19.9. The number of benzene rings is 3. The van der Waals surface area contributed by atoms with E-state index in [2.05, 4.69) is 28.2 Å². The Balaban J connectivity index is 1.49. The molecule has 0 radical (unpaired) electrons. The minimum Gasteiger partial charge on any atom is -0.478 e. The van der Waals surface area contributed by atoms with Crippen LogP contribution in [0.25, 0.3) is 11.1 Å². The summed E-state index contributed by atoms with van der Waals surface area (Å²) >= 11 is 0. The Kier molecular flexibility index (Phi) is 6.98. The van der Waals surface area contributed by atoms with Crippen molar-refractivity contribution in [3.05, 3.63) is 89.0 Å². The van der Waals surface area contributed by atoms with E-state index >= 15 is 0 Å². The van der Waals surface area contributed by atoms with Gasteiger partial charge in [0.25, 0.3) is 5.91 Å². The van der Waals surface area contributed by atoms with Gasteiger partial charge in [-0.3, -0.25) is 4.79 Å². The van der Waals surface area contributed by atoms with Crippen LogP contribution in [0.2, 0.25) is 0 Å². The maximum Gasteiger partial charge on any atom is 0.335 e. The third-order valence-corrected chi connectivity index (χ3v) is 6.53. The fourth-order valence-corrected chi connectivity index (χ4v) is 4.27. The van der Waals surface area contributed by atoms with Crippen molar-refractivity contribution in [3.8, 4) is 11.1 Å². The van der Waals surface area contributed by atoms with Crippen LogP contribution < -0.4 is 10.2 Å². The smallest absolute Gasteiger partial charge is 0.335 e. The van der Waals surface area contributed by atoms with E-state index in [9.17, 15) is 9.59 Å². The van der Waals surface area contributed by atoms with Gasteiger partial charge >= 0.3 is 5.97 Å². The summed E-state index contributed by atoms with van der Waals surface area (Å²) in [7, 11) is 2.13. The first kappa shape index (κ1) is 23.5. The number of carboxylic acids is 1. The molecule has 3 aromatic carbocycles.